The van der Waals surface area contributed by atoms with Gasteiger partial charge >= 0.3 is 0 Å². The lowest BCUT2D eigenvalue weighted by molar-refractivity contribution is -0.384. The lowest BCUT2D eigenvalue weighted by atomic mass is 10.1. The Morgan fingerprint density at radius 2 is 1.62 bits per heavy atom. The van der Waals surface area contributed by atoms with E-state index in [9.17, 15) is 19.7 Å². The van der Waals surface area contributed by atoms with E-state index in [0.29, 0.717) is 17.8 Å². The van der Waals surface area contributed by atoms with Crippen LogP contribution in [0.25, 0.3) is 0 Å². The first kappa shape index (κ1) is 19.8. The molecule has 0 atom stereocenters. The second-order valence-electron chi connectivity index (χ2n) is 6.22. The number of non-ortho nitro benzene ring substituents is 1. The Morgan fingerprint density at radius 1 is 0.931 bits per heavy atom. The highest BCUT2D eigenvalue weighted by Crippen LogP contribution is 2.19. The highest BCUT2D eigenvalue weighted by molar-refractivity contribution is 6.08. The van der Waals surface area contributed by atoms with Gasteiger partial charge in [0.2, 0.25) is 0 Å². The Balaban J connectivity index is 1.77. The van der Waals surface area contributed by atoms with Crippen LogP contribution in [0.5, 0.6) is 0 Å². The van der Waals surface area contributed by atoms with E-state index in [4.69, 9.17) is 0 Å². The zero-order valence-corrected chi connectivity index (χ0v) is 15.7. The summed E-state index contributed by atoms with van der Waals surface area (Å²) < 4.78 is 0. The van der Waals surface area contributed by atoms with E-state index in [0.717, 1.165) is 5.69 Å². The lowest BCUT2D eigenvalue weighted by Gasteiger charge is -2.21. The molecule has 0 fully saturated rings. The first-order chi connectivity index (χ1) is 14.0. The van der Waals surface area contributed by atoms with E-state index in [1.165, 1.54) is 24.3 Å². The van der Waals surface area contributed by atoms with Crippen LogP contribution in [-0.2, 0) is 0 Å². The van der Waals surface area contributed by atoms with Gasteiger partial charge in [0.15, 0.2) is 0 Å². The number of nitro groups is 1. The standard InChI is InChI=1S/C22H19N3O4/c1-2-24(19-9-4-3-5-10-19)22(27)17-7-6-8-18(15-17)23-21(26)16-11-13-20(14-12-16)25(28)29/h3-15H,2H2,1H3,(H,23,26). The van der Waals surface area contributed by atoms with Gasteiger partial charge in [-0.2, -0.15) is 0 Å². The van der Waals surface area contributed by atoms with Gasteiger partial charge in [-0.05, 0) is 49.4 Å². The van der Waals surface area contributed by atoms with Crippen molar-refractivity contribution in [3.8, 4) is 0 Å². The minimum absolute atomic E-state index is 0.0882. The van der Waals surface area contributed by atoms with E-state index in [2.05, 4.69) is 5.32 Å². The molecule has 0 saturated heterocycles. The number of carbonyl (C=O) groups is 2. The van der Waals surface area contributed by atoms with Crippen molar-refractivity contribution in [3.63, 3.8) is 0 Å². The molecule has 146 valence electrons. The van der Waals surface area contributed by atoms with Gasteiger partial charge in [-0.15, -0.1) is 0 Å². The van der Waals surface area contributed by atoms with Gasteiger partial charge in [-0.1, -0.05) is 24.3 Å². The number of nitrogens with one attached hydrogen (secondary N) is 1. The predicted molar refractivity (Wildman–Crippen MR) is 111 cm³/mol. The SMILES string of the molecule is CCN(C(=O)c1cccc(NC(=O)c2ccc([N+](=O)[O-])cc2)c1)c1ccccc1. The molecule has 0 saturated carbocycles. The molecular weight excluding hydrogens is 370 g/mol. The van der Waals surface area contributed by atoms with Crippen LogP contribution in [0.4, 0.5) is 17.1 Å². The smallest absolute Gasteiger partial charge is 0.269 e. The average molecular weight is 389 g/mol. The number of amides is 2. The van der Waals surface area contributed by atoms with Crippen molar-refractivity contribution in [1.82, 2.24) is 0 Å². The predicted octanol–water partition coefficient (Wildman–Crippen LogP) is 4.51. The van der Waals surface area contributed by atoms with Crippen LogP contribution >= 0.6 is 0 Å². The minimum atomic E-state index is -0.525. The third-order valence-electron chi connectivity index (χ3n) is 4.34. The van der Waals surface area contributed by atoms with Gasteiger partial charge in [0.05, 0.1) is 4.92 Å². The van der Waals surface area contributed by atoms with E-state index in [1.807, 2.05) is 37.3 Å². The minimum Gasteiger partial charge on any atom is -0.322 e. The van der Waals surface area contributed by atoms with Gasteiger partial charge in [-0.3, -0.25) is 19.7 Å². The molecule has 29 heavy (non-hydrogen) atoms. The van der Waals surface area contributed by atoms with E-state index in [-0.39, 0.29) is 17.2 Å². The average Bonchev–Trinajstić information content (AvgIpc) is 2.75. The van der Waals surface area contributed by atoms with Crippen LogP contribution < -0.4 is 10.2 Å². The largest absolute Gasteiger partial charge is 0.322 e. The van der Waals surface area contributed by atoms with Crippen molar-refractivity contribution >= 4 is 28.9 Å². The zero-order valence-electron chi connectivity index (χ0n) is 15.7. The number of nitrogens with zero attached hydrogens (tertiary/aromatic N) is 2. The molecule has 0 bridgehead atoms. The fourth-order valence-corrected chi connectivity index (χ4v) is 2.87. The maximum atomic E-state index is 12.9. The fraction of sp³-hybridized carbons (Fsp3) is 0.0909. The van der Waals surface area contributed by atoms with Crippen LogP contribution in [0.15, 0.2) is 78.9 Å². The molecule has 0 unspecified atom stereocenters. The normalized spacial score (nSPS) is 10.2. The van der Waals surface area contributed by atoms with E-state index in [1.54, 1.807) is 29.2 Å². The number of benzene rings is 3. The highest BCUT2D eigenvalue weighted by Gasteiger charge is 2.17. The summed E-state index contributed by atoms with van der Waals surface area (Å²) in [7, 11) is 0. The molecule has 3 aromatic carbocycles. The summed E-state index contributed by atoms with van der Waals surface area (Å²) in [5.74, 6) is -0.593. The maximum absolute atomic E-state index is 12.9. The van der Waals surface area contributed by atoms with Crippen molar-refractivity contribution in [3.05, 3.63) is 100 Å². The third kappa shape index (κ3) is 4.65. The molecule has 0 heterocycles. The molecule has 0 aliphatic carbocycles. The number of nitro benzene ring substituents is 1. The molecule has 7 heteroatoms. The fourth-order valence-electron chi connectivity index (χ4n) is 2.87. The van der Waals surface area contributed by atoms with E-state index < -0.39 is 10.8 Å². The molecule has 0 radical (unpaired) electrons. The van der Waals surface area contributed by atoms with Crippen LogP contribution in [0.1, 0.15) is 27.6 Å². The Bertz CT molecular complexity index is 1030. The summed E-state index contributed by atoms with van der Waals surface area (Å²) in [6.07, 6.45) is 0. The summed E-state index contributed by atoms with van der Waals surface area (Å²) in [5.41, 5.74) is 1.89. The first-order valence-electron chi connectivity index (χ1n) is 9.02. The number of para-hydroxylation sites is 1. The molecule has 7 nitrogen and oxygen atoms in total. The topological polar surface area (TPSA) is 92.6 Å². The zero-order chi connectivity index (χ0) is 20.8. The molecule has 0 aromatic heterocycles. The van der Waals surface area contributed by atoms with Crippen LogP contribution in [0.3, 0.4) is 0 Å². The van der Waals surface area contributed by atoms with Crippen molar-refractivity contribution in [2.24, 2.45) is 0 Å². The third-order valence-corrected chi connectivity index (χ3v) is 4.34. The van der Waals surface area contributed by atoms with Gasteiger partial charge < -0.3 is 10.2 Å². The summed E-state index contributed by atoms with van der Waals surface area (Å²) in [6, 6.07) is 21.3. The highest BCUT2D eigenvalue weighted by atomic mass is 16.6. The molecule has 2 amide bonds. The van der Waals surface area contributed by atoms with E-state index >= 15 is 0 Å². The molecular formula is C22H19N3O4. The Morgan fingerprint density at radius 3 is 2.24 bits per heavy atom. The van der Waals surface area contributed by atoms with Gasteiger partial charge in [0.25, 0.3) is 17.5 Å². The summed E-state index contributed by atoms with van der Waals surface area (Å²) in [5, 5.41) is 13.4. The molecule has 3 rings (SSSR count). The van der Waals surface area contributed by atoms with Crippen molar-refractivity contribution < 1.29 is 14.5 Å². The molecule has 0 aliphatic rings. The number of hydrogen-bond acceptors (Lipinski definition) is 4. The number of anilines is 2. The number of carbonyl (C=O) groups excluding carboxylic acids is 2. The summed E-state index contributed by atoms with van der Waals surface area (Å²) in [6.45, 7) is 2.40. The van der Waals surface area contributed by atoms with Crippen LogP contribution in [0, 0.1) is 10.1 Å². The molecule has 0 aliphatic heterocycles. The van der Waals surface area contributed by atoms with Crippen LogP contribution in [-0.4, -0.2) is 23.3 Å². The van der Waals surface area contributed by atoms with Crippen molar-refractivity contribution in [1.29, 1.82) is 0 Å². The molecule has 3 aromatic rings. The number of rotatable bonds is 6. The summed E-state index contributed by atoms with van der Waals surface area (Å²) in [4.78, 5) is 37.2. The van der Waals surface area contributed by atoms with Gasteiger partial charge in [-0.25, -0.2) is 0 Å². The summed E-state index contributed by atoms with van der Waals surface area (Å²) >= 11 is 0. The quantitative estimate of drug-likeness (QED) is 0.496. The lowest BCUT2D eigenvalue weighted by Crippen LogP contribution is -2.30. The second-order valence-corrected chi connectivity index (χ2v) is 6.22. The van der Waals surface area contributed by atoms with Gasteiger partial charge in [0, 0.05) is 41.2 Å². The Labute approximate surface area is 167 Å². The second kappa shape index (κ2) is 8.79. The monoisotopic (exact) mass is 389 g/mol. The van der Waals surface area contributed by atoms with Crippen molar-refractivity contribution in [2.45, 2.75) is 6.92 Å². The van der Waals surface area contributed by atoms with Crippen molar-refractivity contribution in [2.75, 3.05) is 16.8 Å². The molecule has 0 spiro atoms. The number of hydrogen-bond donors (Lipinski definition) is 1. The first-order valence-corrected chi connectivity index (χ1v) is 9.02. The van der Waals surface area contributed by atoms with Crippen LogP contribution in [0.2, 0.25) is 0 Å². The Hall–Kier alpha value is -4.00. The van der Waals surface area contributed by atoms with Gasteiger partial charge in [0.1, 0.15) is 0 Å². The Kier molecular flexibility index (Phi) is 5.99. The molecule has 1 N–H and O–H groups in total. The maximum Gasteiger partial charge on any atom is 0.269 e.